The molecule has 0 saturated heterocycles. The molecule has 0 unspecified atom stereocenters. The summed E-state index contributed by atoms with van der Waals surface area (Å²) in [5.74, 6) is 1.99. The van der Waals surface area contributed by atoms with Gasteiger partial charge >= 0.3 is 0 Å². The standard InChI is InChI=1S/C20H19N5O2/c1-26-16-4-2-3-14(10-16)24-15-6-8-19(23-12-15)22-11-13-5-7-18-17(9-13)20(21)25-27-18/h2-10,12,24H,11H2,1H3,(H2,21,25)(H,22,23). The highest BCUT2D eigenvalue weighted by molar-refractivity contribution is 5.87. The number of nitrogens with one attached hydrogen (secondary N) is 2. The van der Waals surface area contributed by atoms with Crippen molar-refractivity contribution in [2.24, 2.45) is 0 Å². The minimum Gasteiger partial charge on any atom is -0.497 e. The van der Waals surface area contributed by atoms with E-state index in [0.717, 1.165) is 33.9 Å². The zero-order chi connectivity index (χ0) is 18.6. The first-order chi connectivity index (χ1) is 13.2. The van der Waals surface area contributed by atoms with Crippen molar-refractivity contribution < 1.29 is 9.26 Å². The van der Waals surface area contributed by atoms with Gasteiger partial charge in [-0.15, -0.1) is 0 Å². The van der Waals surface area contributed by atoms with Crippen molar-refractivity contribution in [1.29, 1.82) is 0 Å². The molecular weight excluding hydrogens is 342 g/mol. The van der Waals surface area contributed by atoms with Crippen LogP contribution in [0.3, 0.4) is 0 Å². The van der Waals surface area contributed by atoms with Crippen LogP contribution in [0.4, 0.5) is 23.0 Å². The quantitative estimate of drug-likeness (QED) is 0.474. The molecule has 0 aliphatic heterocycles. The van der Waals surface area contributed by atoms with Crippen LogP contribution in [0.2, 0.25) is 0 Å². The van der Waals surface area contributed by atoms with Crippen molar-refractivity contribution >= 4 is 34.0 Å². The van der Waals surface area contributed by atoms with E-state index >= 15 is 0 Å². The molecule has 27 heavy (non-hydrogen) atoms. The van der Waals surface area contributed by atoms with Crippen LogP contribution in [0.1, 0.15) is 5.56 Å². The number of anilines is 4. The maximum absolute atomic E-state index is 5.80. The third-order valence-corrected chi connectivity index (χ3v) is 4.16. The summed E-state index contributed by atoms with van der Waals surface area (Å²) in [5.41, 5.74) is 9.39. The highest BCUT2D eigenvalue weighted by atomic mass is 16.5. The Balaban J connectivity index is 1.40. The zero-order valence-corrected chi connectivity index (χ0v) is 14.8. The fourth-order valence-electron chi connectivity index (χ4n) is 2.75. The lowest BCUT2D eigenvalue weighted by atomic mass is 10.1. The summed E-state index contributed by atoms with van der Waals surface area (Å²) in [6.45, 7) is 0.621. The molecule has 0 saturated carbocycles. The lowest BCUT2D eigenvalue weighted by Crippen LogP contribution is -2.01. The van der Waals surface area contributed by atoms with Crippen LogP contribution in [-0.2, 0) is 6.54 Å². The van der Waals surface area contributed by atoms with Gasteiger partial charge in [0.25, 0.3) is 0 Å². The second kappa shape index (κ2) is 7.25. The molecule has 4 aromatic rings. The van der Waals surface area contributed by atoms with Crippen molar-refractivity contribution in [3.8, 4) is 5.75 Å². The van der Waals surface area contributed by atoms with Gasteiger partial charge in [0.05, 0.1) is 24.4 Å². The topological polar surface area (TPSA) is 98.2 Å². The highest BCUT2D eigenvalue weighted by Crippen LogP contribution is 2.23. The number of nitrogens with zero attached hydrogens (tertiary/aromatic N) is 2. The van der Waals surface area contributed by atoms with E-state index in [2.05, 4.69) is 20.8 Å². The fraction of sp³-hybridized carbons (Fsp3) is 0.100. The molecule has 4 N–H and O–H groups in total. The van der Waals surface area contributed by atoms with Crippen molar-refractivity contribution in [2.75, 3.05) is 23.5 Å². The molecule has 2 heterocycles. The number of hydrogen-bond acceptors (Lipinski definition) is 7. The van der Waals surface area contributed by atoms with Gasteiger partial charge in [-0.05, 0) is 42.0 Å². The molecule has 0 amide bonds. The summed E-state index contributed by atoms with van der Waals surface area (Å²) >= 11 is 0. The van der Waals surface area contributed by atoms with E-state index < -0.39 is 0 Å². The number of methoxy groups -OCH3 is 1. The first-order valence-corrected chi connectivity index (χ1v) is 8.46. The Morgan fingerprint density at radius 1 is 1.07 bits per heavy atom. The fourth-order valence-corrected chi connectivity index (χ4v) is 2.75. The van der Waals surface area contributed by atoms with Crippen LogP contribution in [0.25, 0.3) is 11.0 Å². The van der Waals surface area contributed by atoms with Crippen LogP contribution in [0.15, 0.2) is 65.3 Å². The number of pyridine rings is 1. The lowest BCUT2D eigenvalue weighted by Gasteiger charge is -2.09. The van der Waals surface area contributed by atoms with E-state index in [0.29, 0.717) is 17.9 Å². The van der Waals surface area contributed by atoms with Crippen LogP contribution in [0.5, 0.6) is 5.75 Å². The van der Waals surface area contributed by atoms with Crippen LogP contribution < -0.4 is 21.1 Å². The Labute approximate surface area is 156 Å². The molecule has 0 aliphatic carbocycles. The van der Waals surface area contributed by atoms with Gasteiger partial charge in [-0.3, -0.25) is 0 Å². The molecule has 7 nitrogen and oxygen atoms in total. The second-order valence-electron chi connectivity index (χ2n) is 6.04. The first kappa shape index (κ1) is 16.7. The maximum Gasteiger partial charge on any atom is 0.174 e. The Hall–Kier alpha value is -3.74. The van der Waals surface area contributed by atoms with Gasteiger partial charge < -0.3 is 25.6 Å². The average molecular weight is 361 g/mol. The molecule has 136 valence electrons. The van der Waals surface area contributed by atoms with Crippen LogP contribution >= 0.6 is 0 Å². The minimum absolute atomic E-state index is 0.401. The smallest absolute Gasteiger partial charge is 0.174 e. The van der Waals surface area contributed by atoms with Crippen molar-refractivity contribution in [1.82, 2.24) is 10.1 Å². The van der Waals surface area contributed by atoms with Gasteiger partial charge in [-0.25, -0.2) is 4.98 Å². The lowest BCUT2D eigenvalue weighted by molar-refractivity contribution is 0.415. The van der Waals surface area contributed by atoms with Crippen LogP contribution in [0, 0.1) is 0 Å². The number of rotatable bonds is 6. The molecule has 2 aromatic carbocycles. The molecule has 0 atom stereocenters. The summed E-state index contributed by atoms with van der Waals surface area (Å²) in [6.07, 6.45) is 1.78. The van der Waals surface area contributed by atoms with E-state index in [9.17, 15) is 0 Å². The van der Waals surface area contributed by atoms with Gasteiger partial charge in [0.15, 0.2) is 11.4 Å². The van der Waals surface area contributed by atoms with Gasteiger partial charge in [-0.1, -0.05) is 17.3 Å². The zero-order valence-electron chi connectivity index (χ0n) is 14.8. The van der Waals surface area contributed by atoms with Crippen molar-refractivity contribution in [2.45, 2.75) is 6.54 Å². The highest BCUT2D eigenvalue weighted by Gasteiger charge is 2.06. The third kappa shape index (κ3) is 3.77. The molecule has 0 aliphatic rings. The number of nitrogens with two attached hydrogens (primary N) is 1. The van der Waals surface area contributed by atoms with Gasteiger partial charge in [0, 0.05) is 18.3 Å². The maximum atomic E-state index is 5.80. The molecule has 0 bridgehead atoms. The molecule has 0 radical (unpaired) electrons. The molecular formula is C20H19N5O2. The number of fused-ring (bicyclic) bond motifs is 1. The van der Waals surface area contributed by atoms with Crippen molar-refractivity contribution in [3.63, 3.8) is 0 Å². The Bertz CT molecular complexity index is 1060. The summed E-state index contributed by atoms with van der Waals surface area (Å²) in [5, 5.41) is 11.2. The van der Waals surface area contributed by atoms with Gasteiger partial charge in [0.2, 0.25) is 0 Å². The third-order valence-electron chi connectivity index (χ3n) is 4.16. The molecule has 7 heteroatoms. The number of ether oxygens (including phenoxy) is 1. The second-order valence-corrected chi connectivity index (χ2v) is 6.04. The molecule has 0 fully saturated rings. The number of benzene rings is 2. The van der Waals surface area contributed by atoms with Crippen LogP contribution in [-0.4, -0.2) is 17.3 Å². The molecule has 0 spiro atoms. The van der Waals surface area contributed by atoms with E-state index in [4.69, 9.17) is 15.0 Å². The van der Waals surface area contributed by atoms with Gasteiger partial charge in [-0.2, -0.15) is 0 Å². The van der Waals surface area contributed by atoms with Gasteiger partial charge in [0.1, 0.15) is 11.6 Å². The SMILES string of the molecule is COc1cccc(Nc2ccc(NCc3ccc4onc(N)c4c3)nc2)c1. The van der Waals surface area contributed by atoms with E-state index in [1.54, 1.807) is 13.3 Å². The summed E-state index contributed by atoms with van der Waals surface area (Å²) in [7, 11) is 1.65. The minimum atomic E-state index is 0.401. The number of nitrogen functional groups attached to an aromatic ring is 1. The number of aromatic nitrogens is 2. The predicted octanol–water partition coefficient (Wildman–Crippen LogP) is 4.17. The monoisotopic (exact) mass is 361 g/mol. The van der Waals surface area contributed by atoms with Crippen molar-refractivity contribution in [3.05, 3.63) is 66.4 Å². The average Bonchev–Trinajstić information content (AvgIpc) is 3.08. The normalized spacial score (nSPS) is 10.7. The first-order valence-electron chi connectivity index (χ1n) is 8.46. The molecule has 4 rings (SSSR count). The summed E-state index contributed by atoms with van der Waals surface area (Å²) in [6, 6.07) is 17.4. The summed E-state index contributed by atoms with van der Waals surface area (Å²) in [4.78, 5) is 4.44. The van der Waals surface area contributed by atoms with E-state index in [1.807, 2.05) is 54.6 Å². The van der Waals surface area contributed by atoms with E-state index in [1.165, 1.54) is 0 Å². The number of hydrogen-bond donors (Lipinski definition) is 3. The Kier molecular flexibility index (Phi) is 4.49. The Morgan fingerprint density at radius 2 is 2.00 bits per heavy atom. The Morgan fingerprint density at radius 3 is 2.81 bits per heavy atom. The largest absolute Gasteiger partial charge is 0.497 e. The summed E-state index contributed by atoms with van der Waals surface area (Å²) < 4.78 is 10.4. The predicted molar refractivity (Wildman–Crippen MR) is 106 cm³/mol. The molecule has 2 aromatic heterocycles. The van der Waals surface area contributed by atoms with E-state index in [-0.39, 0.29) is 0 Å².